The van der Waals surface area contributed by atoms with Gasteiger partial charge in [-0.3, -0.25) is 0 Å². The third-order valence-electron chi connectivity index (χ3n) is 2.67. The predicted octanol–water partition coefficient (Wildman–Crippen LogP) is 3.11. The number of rotatable bonds is 5. The van der Waals surface area contributed by atoms with E-state index in [1.54, 1.807) is 19.5 Å². The van der Waals surface area contributed by atoms with Crippen LogP contribution >= 0.6 is 0 Å². The van der Waals surface area contributed by atoms with Crippen molar-refractivity contribution in [3.8, 4) is 0 Å². The van der Waals surface area contributed by atoms with Crippen LogP contribution in [0.5, 0.6) is 0 Å². The molecule has 102 valence electrons. The Labute approximate surface area is 110 Å². The standard InChI is InChI=1S/C13H15F2N3O/c1-9(8-19-2)18-4-3-16-13(18)17-12-6-10(14)5-11(15)7-12/h3-7,9H,8H2,1-2H3,(H,16,17). The van der Waals surface area contributed by atoms with Crippen LogP contribution in [0.1, 0.15) is 13.0 Å². The minimum atomic E-state index is -0.634. The van der Waals surface area contributed by atoms with Crippen LogP contribution in [0.4, 0.5) is 20.4 Å². The molecule has 0 saturated heterocycles. The van der Waals surface area contributed by atoms with E-state index >= 15 is 0 Å². The van der Waals surface area contributed by atoms with Crippen LogP contribution in [0.15, 0.2) is 30.6 Å². The number of aromatic nitrogens is 2. The van der Waals surface area contributed by atoms with Gasteiger partial charge in [0, 0.05) is 31.3 Å². The molecule has 0 saturated carbocycles. The van der Waals surface area contributed by atoms with Gasteiger partial charge in [-0.2, -0.15) is 0 Å². The fourth-order valence-corrected chi connectivity index (χ4v) is 1.84. The number of hydrogen-bond donors (Lipinski definition) is 1. The summed E-state index contributed by atoms with van der Waals surface area (Å²) >= 11 is 0. The first-order chi connectivity index (χ1) is 9.10. The van der Waals surface area contributed by atoms with Gasteiger partial charge in [-0.05, 0) is 19.1 Å². The first-order valence-corrected chi connectivity index (χ1v) is 5.85. The average Bonchev–Trinajstić information content (AvgIpc) is 2.76. The Morgan fingerprint density at radius 1 is 1.32 bits per heavy atom. The van der Waals surface area contributed by atoms with Crippen molar-refractivity contribution in [3.63, 3.8) is 0 Å². The normalized spacial score (nSPS) is 12.4. The minimum absolute atomic E-state index is 0.0633. The van der Waals surface area contributed by atoms with Gasteiger partial charge in [0.2, 0.25) is 5.95 Å². The van der Waals surface area contributed by atoms with E-state index in [-0.39, 0.29) is 6.04 Å². The number of halogens is 2. The summed E-state index contributed by atoms with van der Waals surface area (Å²) in [5.74, 6) is -0.759. The van der Waals surface area contributed by atoms with E-state index in [1.807, 2.05) is 11.5 Å². The highest BCUT2D eigenvalue weighted by Gasteiger charge is 2.10. The number of nitrogens with zero attached hydrogens (tertiary/aromatic N) is 2. The molecule has 0 amide bonds. The molecule has 0 bridgehead atoms. The molecule has 1 aromatic heterocycles. The lowest BCUT2D eigenvalue weighted by Gasteiger charge is -2.16. The molecule has 4 nitrogen and oxygen atoms in total. The number of ether oxygens (including phenoxy) is 1. The molecule has 1 N–H and O–H groups in total. The molecule has 1 unspecified atom stereocenters. The lowest BCUT2D eigenvalue weighted by molar-refractivity contribution is 0.163. The third kappa shape index (κ3) is 3.29. The molecule has 2 rings (SSSR count). The topological polar surface area (TPSA) is 39.1 Å². The van der Waals surface area contributed by atoms with Gasteiger partial charge in [0.1, 0.15) is 11.6 Å². The van der Waals surface area contributed by atoms with Crippen molar-refractivity contribution in [2.45, 2.75) is 13.0 Å². The second kappa shape index (κ2) is 5.79. The van der Waals surface area contributed by atoms with Crippen LogP contribution in [0.25, 0.3) is 0 Å². The van der Waals surface area contributed by atoms with Crippen molar-refractivity contribution < 1.29 is 13.5 Å². The molecule has 0 fully saturated rings. The smallest absolute Gasteiger partial charge is 0.207 e. The number of anilines is 2. The Morgan fingerprint density at radius 3 is 2.63 bits per heavy atom. The van der Waals surface area contributed by atoms with Crippen LogP contribution < -0.4 is 5.32 Å². The quantitative estimate of drug-likeness (QED) is 0.904. The van der Waals surface area contributed by atoms with Crippen LogP contribution in [0.2, 0.25) is 0 Å². The zero-order valence-corrected chi connectivity index (χ0v) is 10.7. The molecule has 19 heavy (non-hydrogen) atoms. The maximum absolute atomic E-state index is 13.1. The highest BCUT2D eigenvalue weighted by Crippen LogP contribution is 2.20. The van der Waals surface area contributed by atoms with Gasteiger partial charge in [-0.15, -0.1) is 0 Å². The molecule has 1 heterocycles. The predicted molar refractivity (Wildman–Crippen MR) is 68.5 cm³/mol. The van der Waals surface area contributed by atoms with E-state index in [1.165, 1.54) is 12.1 Å². The van der Waals surface area contributed by atoms with Gasteiger partial charge < -0.3 is 14.6 Å². The average molecular weight is 267 g/mol. The maximum atomic E-state index is 13.1. The van der Waals surface area contributed by atoms with Gasteiger partial charge in [0.25, 0.3) is 0 Å². The molecule has 0 spiro atoms. The van der Waals surface area contributed by atoms with Crippen LogP contribution in [-0.4, -0.2) is 23.3 Å². The van der Waals surface area contributed by atoms with E-state index < -0.39 is 11.6 Å². The Morgan fingerprint density at radius 2 is 2.00 bits per heavy atom. The first-order valence-electron chi connectivity index (χ1n) is 5.85. The summed E-state index contributed by atoms with van der Waals surface area (Å²) in [5.41, 5.74) is 0.314. The van der Waals surface area contributed by atoms with Gasteiger partial charge in [0.05, 0.1) is 12.6 Å². The second-order valence-corrected chi connectivity index (χ2v) is 4.25. The summed E-state index contributed by atoms with van der Waals surface area (Å²) in [6, 6.07) is 3.31. The van der Waals surface area contributed by atoms with Crippen molar-refractivity contribution in [1.82, 2.24) is 9.55 Å². The minimum Gasteiger partial charge on any atom is -0.383 e. The van der Waals surface area contributed by atoms with Crippen molar-refractivity contribution in [3.05, 3.63) is 42.2 Å². The lowest BCUT2D eigenvalue weighted by atomic mass is 10.3. The molecule has 0 aliphatic heterocycles. The van der Waals surface area contributed by atoms with Crippen LogP contribution in [0, 0.1) is 11.6 Å². The molecule has 1 atom stereocenters. The van der Waals surface area contributed by atoms with Crippen LogP contribution in [0.3, 0.4) is 0 Å². The summed E-state index contributed by atoms with van der Waals surface area (Å²) in [6.07, 6.45) is 3.39. The zero-order valence-electron chi connectivity index (χ0n) is 10.7. The van der Waals surface area contributed by atoms with Crippen LogP contribution in [-0.2, 0) is 4.74 Å². The lowest BCUT2D eigenvalue weighted by Crippen LogP contribution is -2.12. The highest BCUT2D eigenvalue weighted by atomic mass is 19.1. The highest BCUT2D eigenvalue weighted by molar-refractivity contribution is 5.53. The molecule has 0 aliphatic carbocycles. The number of imidazole rings is 1. The van der Waals surface area contributed by atoms with Gasteiger partial charge in [-0.1, -0.05) is 0 Å². The SMILES string of the molecule is COCC(C)n1ccnc1Nc1cc(F)cc(F)c1. The molecular formula is C13H15F2N3O. The summed E-state index contributed by atoms with van der Waals surface area (Å²) in [4.78, 5) is 4.13. The summed E-state index contributed by atoms with van der Waals surface area (Å²) in [5, 5.41) is 2.89. The molecule has 0 aliphatic rings. The van der Waals surface area contributed by atoms with E-state index in [2.05, 4.69) is 10.3 Å². The maximum Gasteiger partial charge on any atom is 0.207 e. The number of hydrogen-bond acceptors (Lipinski definition) is 3. The van der Waals surface area contributed by atoms with E-state index in [0.29, 0.717) is 18.2 Å². The summed E-state index contributed by atoms with van der Waals surface area (Å²) in [6.45, 7) is 2.48. The van der Waals surface area contributed by atoms with Crippen molar-refractivity contribution in [2.24, 2.45) is 0 Å². The third-order valence-corrected chi connectivity index (χ3v) is 2.67. The Kier molecular flexibility index (Phi) is 4.11. The van der Waals surface area contributed by atoms with E-state index in [9.17, 15) is 8.78 Å². The molecule has 6 heteroatoms. The number of nitrogens with one attached hydrogen (secondary N) is 1. The fourth-order valence-electron chi connectivity index (χ4n) is 1.84. The van der Waals surface area contributed by atoms with E-state index in [0.717, 1.165) is 6.07 Å². The first kappa shape index (κ1) is 13.5. The molecule has 1 aromatic carbocycles. The Hall–Kier alpha value is -1.95. The summed E-state index contributed by atoms with van der Waals surface area (Å²) in [7, 11) is 1.61. The fraction of sp³-hybridized carbons (Fsp3) is 0.308. The van der Waals surface area contributed by atoms with Gasteiger partial charge in [0.15, 0.2) is 0 Å². The second-order valence-electron chi connectivity index (χ2n) is 4.25. The monoisotopic (exact) mass is 267 g/mol. The largest absolute Gasteiger partial charge is 0.383 e. The molecule has 2 aromatic rings. The Bertz CT molecular complexity index is 536. The van der Waals surface area contributed by atoms with Crippen molar-refractivity contribution in [2.75, 3.05) is 19.0 Å². The number of benzene rings is 1. The number of methoxy groups -OCH3 is 1. The van der Waals surface area contributed by atoms with Gasteiger partial charge in [-0.25, -0.2) is 13.8 Å². The Balaban J connectivity index is 2.21. The van der Waals surface area contributed by atoms with Crippen molar-refractivity contribution >= 4 is 11.6 Å². The molecule has 0 radical (unpaired) electrons. The summed E-state index contributed by atoms with van der Waals surface area (Å²) < 4.78 is 33.1. The van der Waals surface area contributed by atoms with Crippen molar-refractivity contribution in [1.29, 1.82) is 0 Å². The van der Waals surface area contributed by atoms with E-state index in [4.69, 9.17) is 4.74 Å². The molecular weight excluding hydrogens is 252 g/mol. The zero-order chi connectivity index (χ0) is 13.8. The van der Waals surface area contributed by atoms with Gasteiger partial charge >= 0.3 is 0 Å².